The molecule has 0 saturated carbocycles. The number of hydrogen-bond acceptors (Lipinski definition) is 4. The van der Waals surface area contributed by atoms with Crippen molar-refractivity contribution in [1.82, 2.24) is 5.32 Å². The summed E-state index contributed by atoms with van der Waals surface area (Å²) >= 11 is 7.55. The quantitative estimate of drug-likeness (QED) is 0.513. The van der Waals surface area contributed by atoms with Gasteiger partial charge in [0.25, 0.3) is 11.8 Å². The number of carbonyl (C=O) groups is 2. The van der Waals surface area contributed by atoms with E-state index >= 15 is 0 Å². The predicted molar refractivity (Wildman–Crippen MR) is 124 cm³/mol. The van der Waals surface area contributed by atoms with E-state index in [4.69, 9.17) is 16.3 Å². The highest BCUT2D eigenvalue weighted by atomic mass is 35.5. The number of nitrogens with one attached hydrogen (secondary N) is 2. The molecule has 2 N–H and O–H groups in total. The van der Waals surface area contributed by atoms with Crippen LogP contribution < -0.4 is 10.6 Å². The number of thiophene rings is 1. The third kappa shape index (κ3) is 5.01. The van der Waals surface area contributed by atoms with Gasteiger partial charge in [-0.25, -0.2) is 4.39 Å². The van der Waals surface area contributed by atoms with Crippen molar-refractivity contribution in [2.75, 3.05) is 25.1 Å². The summed E-state index contributed by atoms with van der Waals surface area (Å²) in [6, 6.07) is 14.8. The fourth-order valence-corrected chi connectivity index (χ4v) is 4.64. The Morgan fingerprint density at radius 2 is 1.88 bits per heavy atom. The summed E-state index contributed by atoms with van der Waals surface area (Å²) < 4.78 is 19.4. The Kier molecular flexibility index (Phi) is 6.89. The molecule has 0 bridgehead atoms. The molecule has 5 nitrogen and oxygen atoms in total. The number of anilines is 1. The van der Waals surface area contributed by atoms with Crippen molar-refractivity contribution in [2.24, 2.45) is 0 Å². The molecule has 4 rings (SSSR count). The van der Waals surface area contributed by atoms with Crippen LogP contribution in [0.15, 0.2) is 60.0 Å². The van der Waals surface area contributed by atoms with Crippen LogP contribution in [0.1, 0.15) is 38.4 Å². The first-order chi connectivity index (χ1) is 15.5. The lowest BCUT2D eigenvalue weighted by Gasteiger charge is -2.38. The van der Waals surface area contributed by atoms with Crippen molar-refractivity contribution < 1.29 is 18.7 Å². The van der Waals surface area contributed by atoms with E-state index in [1.807, 2.05) is 11.4 Å². The van der Waals surface area contributed by atoms with E-state index in [-0.39, 0.29) is 17.6 Å². The minimum atomic E-state index is -0.404. The number of benzene rings is 2. The van der Waals surface area contributed by atoms with E-state index < -0.39 is 5.41 Å². The predicted octanol–water partition coefficient (Wildman–Crippen LogP) is 5.27. The van der Waals surface area contributed by atoms with Crippen molar-refractivity contribution in [3.63, 3.8) is 0 Å². The lowest BCUT2D eigenvalue weighted by Crippen LogP contribution is -2.44. The van der Waals surface area contributed by atoms with E-state index in [2.05, 4.69) is 10.6 Å². The second kappa shape index (κ2) is 9.81. The van der Waals surface area contributed by atoms with Crippen LogP contribution in [-0.2, 0) is 10.2 Å². The molecule has 3 aromatic rings. The van der Waals surface area contributed by atoms with E-state index in [1.165, 1.54) is 23.5 Å². The summed E-state index contributed by atoms with van der Waals surface area (Å²) in [6.45, 7) is 1.44. The van der Waals surface area contributed by atoms with Crippen molar-refractivity contribution >= 4 is 40.4 Å². The van der Waals surface area contributed by atoms with E-state index in [9.17, 15) is 14.0 Å². The van der Waals surface area contributed by atoms with Gasteiger partial charge in [0.2, 0.25) is 0 Å². The van der Waals surface area contributed by atoms with Gasteiger partial charge >= 0.3 is 0 Å². The number of ether oxygens (including phenoxy) is 1. The highest BCUT2D eigenvalue weighted by Crippen LogP contribution is 2.35. The molecule has 0 unspecified atom stereocenters. The monoisotopic (exact) mass is 472 g/mol. The number of amides is 2. The van der Waals surface area contributed by atoms with Gasteiger partial charge in [-0.15, -0.1) is 11.3 Å². The largest absolute Gasteiger partial charge is 0.381 e. The first-order valence-electron chi connectivity index (χ1n) is 10.2. The third-order valence-electron chi connectivity index (χ3n) is 5.70. The van der Waals surface area contributed by atoms with Crippen molar-refractivity contribution in [1.29, 1.82) is 0 Å². The number of rotatable bonds is 6. The average molecular weight is 473 g/mol. The van der Waals surface area contributed by atoms with Gasteiger partial charge in [-0.05, 0) is 60.2 Å². The second-order valence-electron chi connectivity index (χ2n) is 7.71. The number of carbonyl (C=O) groups excluding carboxylic acids is 2. The molecule has 8 heteroatoms. The van der Waals surface area contributed by atoms with Gasteiger partial charge in [-0.2, -0.15) is 0 Å². The minimum absolute atomic E-state index is 0.285. The Bertz CT molecular complexity index is 1110. The van der Waals surface area contributed by atoms with Gasteiger partial charge in [0, 0.05) is 30.7 Å². The maximum Gasteiger partial charge on any atom is 0.265 e. The second-order valence-corrected chi connectivity index (χ2v) is 9.07. The van der Waals surface area contributed by atoms with Gasteiger partial charge in [0.05, 0.1) is 15.6 Å². The molecule has 1 saturated heterocycles. The van der Waals surface area contributed by atoms with Crippen molar-refractivity contribution in [3.05, 3.63) is 86.8 Å². The fourth-order valence-electron chi connectivity index (χ4n) is 3.85. The number of halogens is 2. The van der Waals surface area contributed by atoms with Gasteiger partial charge in [-0.1, -0.05) is 29.8 Å². The first kappa shape index (κ1) is 22.5. The average Bonchev–Trinajstić information content (AvgIpc) is 3.35. The fraction of sp³-hybridized carbons (Fsp3) is 0.250. The molecule has 166 valence electrons. The van der Waals surface area contributed by atoms with Crippen molar-refractivity contribution in [3.8, 4) is 0 Å². The van der Waals surface area contributed by atoms with Crippen molar-refractivity contribution in [2.45, 2.75) is 18.3 Å². The Labute approximate surface area is 194 Å². The lowest BCUT2D eigenvalue weighted by atomic mass is 9.74. The van der Waals surface area contributed by atoms with Crippen LogP contribution >= 0.6 is 22.9 Å². The molecular formula is C24H22ClFN2O3S. The Hall–Kier alpha value is -2.74. The highest BCUT2D eigenvalue weighted by Gasteiger charge is 2.35. The van der Waals surface area contributed by atoms with Crippen LogP contribution in [0.4, 0.5) is 10.1 Å². The smallest absolute Gasteiger partial charge is 0.265 e. The van der Waals surface area contributed by atoms with E-state index in [0.29, 0.717) is 53.8 Å². The zero-order valence-electron chi connectivity index (χ0n) is 17.2. The SMILES string of the molecule is O=C(NCC1(c2cccc(F)c2)CCOCC1)c1ccc(Cl)c(NC(=O)c2cccs2)c1. The third-order valence-corrected chi connectivity index (χ3v) is 6.89. The molecule has 0 aliphatic carbocycles. The molecule has 1 aromatic heterocycles. The van der Waals surface area contributed by atoms with Gasteiger partial charge < -0.3 is 15.4 Å². The van der Waals surface area contributed by atoms with Gasteiger partial charge in [0.15, 0.2) is 0 Å². The summed E-state index contributed by atoms with van der Waals surface area (Å²) in [5, 5.41) is 7.89. The minimum Gasteiger partial charge on any atom is -0.381 e. The van der Waals surface area contributed by atoms with Crippen LogP contribution in [0, 0.1) is 5.82 Å². The highest BCUT2D eigenvalue weighted by molar-refractivity contribution is 7.12. The summed E-state index contributed by atoms with van der Waals surface area (Å²) in [6.07, 6.45) is 1.36. The normalized spacial score (nSPS) is 15.2. The molecule has 0 radical (unpaired) electrons. The summed E-state index contributed by atoms with van der Waals surface area (Å²) in [7, 11) is 0. The molecule has 0 atom stereocenters. The standard InChI is InChI=1S/C24H22ClFN2O3S/c25-19-7-6-16(13-20(19)28-23(30)21-5-2-12-32-21)22(29)27-15-24(8-10-31-11-9-24)17-3-1-4-18(26)14-17/h1-7,12-14H,8-11,15H2,(H,27,29)(H,28,30). The summed E-state index contributed by atoms with van der Waals surface area (Å²) in [5.74, 6) is -0.884. The van der Waals surface area contributed by atoms with E-state index in [1.54, 1.807) is 36.4 Å². The van der Waals surface area contributed by atoms with Gasteiger partial charge in [0.1, 0.15) is 5.82 Å². The topological polar surface area (TPSA) is 67.4 Å². The Morgan fingerprint density at radius 3 is 2.59 bits per heavy atom. The summed E-state index contributed by atoms with van der Waals surface area (Å²) in [4.78, 5) is 25.8. The molecule has 2 amide bonds. The van der Waals surface area contributed by atoms with E-state index in [0.717, 1.165) is 5.56 Å². The van der Waals surface area contributed by atoms with Crippen LogP contribution in [0.25, 0.3) is 0 Å². The molecule has 2 aromatic carbocycles. The molecule has 1 aliphatic heterocycles. The maximum atomic E-state index is 13.9. The Balaban J connectivity index is 1.50. The molecular weight excluding hydrogens is 451 g/mol. The molecule has 2 heterocycles. The lowest BCUT2D eigenvalue weighted by molar-refractivity contribution is 0.0486. The van der Waals surface area contributed by atoms with Crippen LogP contribution in [0.5, 0.6) is 0 Å². The molecule has 1 aliphatic rings. The zero-order chi connectivity index (χ0) is 22.6. The molecule has 0 spiro atoms. The van der Waals surface area contributed by atoms with Crippen LogP contribution in [0.3, 0.4) is 0 Å². The summed E-state index contributed by atoms with van der Waals surface area (Å²) in [5.41, 5.74) is 1.18. The number of hydrogen-bond donors (Lipinski definition) is 2. The maximum absolute atomic E-state index is 13.9. The molecule has 32 heavy (non-hydrogen) atoms. The Morgan fingerprint density at radius 1 is 1.06 bits per heavy atom. The molecule has 1 fully saturated rings. The van der Waals surface area contributed by atoms with Gasteiger partial charge in [-0.3, -0.25) is 9.59 Å². The first-order valence-corrected chi connectivity index (χ1v) is 11.5. The van der Waals surface area contributed by atoms with Crippen LogP contribution in [0.2, 0.25) is 5.02 Å². The zero-order valence-corrected chi connectivity index (χ0v) is 18.8. The van der Waals surface area contributed by atoms with Crippen LogP contribution in [-0.4, -0.2) is 31.6 Å².